The van der Waals surface area contributed by atoms with Gasteiger partial charge in [0, 0.05) is 37.0 Å². The standard InChI is InChI=1S/C17H20F3N5O2/c1-3-21-14-9-11(2)24-16(25-14)23-8-7-22-15(26)12-5-4-6-13(10-12)27-17(18,19)20/h4-6,9-10H,3,7-8H2,1-2H3,(H,22,26)(H2,21,23,24,25). The molecule has 1 aromatic carbocycles. The van der Waals surface area contributed by atoms with Crippen molar-refractivity contribution in [1.82, 2.24) is 15.3 Å². The highest BCUT2D eigenvalue weighted by Crippen LogP contribution is 2.23. The van der Waals surface area contributed by atoms with Crippen molar-refractivity contribution >= 4 is 17.7 Å². The second kappa shape index (κ2) is 9.06. The summed E-state index contributed by atoms with van der Waals surface area (Å²) in [4.78, 5) is 20.6. The Morgan fingerprint density at radius 2 is 1.93 bits per heavy atom. The molecule has 2 aromatic rings. The van der Waals surface area contributed by atoms with E-state index >= 15 is 0 Å². The van der Waals surface area contributed by atoms with Crippen LogP contribution < -0.4 is 20.7 Å². The number of carbonyl (C=O) groups excluding carboxylic acids is 1. The summed E-state index contributed by atoms with van der Waals surface area (Å²) in [7, 11) is 0. The van der Waals surface area contributed by atoms with Crippen LogP contribution in [0.4, 0.5) is 24.9 Å². The van der Waals surface area contributed by atoms with Gasteiger partial charge < -0.3 is 20.7 Å². The minimum absolute atomic E-state index is 0.0676. The Morgan fingerprint density at radius 3 is 2.63 bits per heavy atom. The summed E-state index contributed by atoms with van der Waals surface area (Å²) < 4.78 is 40.5. The normalized spacial score (nSPS) is 11.0. The van der Waals surface area contributed by atoms with E-state index in [0.29, 0.717) is 18.3 Å². The number of nitrogens with zero attached hydrogens (tertiary/aromatic N) is 2. The summed E-state index contributed by atoms with van der Waals surface area (Å²) in [5, 5.41) is 8.67. The monoisotopic (exact) mass is 383 g/mol. The summed E-state index contributed by atoms with van der Waals surface area (Å²) in [6.07, 6.45) is -4.81. The molecular weight excluding hydrogens is 363 g/mol. The molecule has 0 bridgehead atoms. The molecule has 10 heteroatoms. The molecule has 2 rings (SSSR count). The van der Waals surface area contributed by atoms with Gasteiger partial charge in [-0.05, 0) is 32.0 Å². The predicted octanol–water partition coefficient (Wildman–Crippen LogP) is 2.96. The highest BCUT2D eigenvalue weighted by Gasteiger charge is 2.31. The molecule has 0 spiro atoms. The lowest BCUT2D eigenvalue weighted by Gasteiger charge is -2.11. The third-order valence-electron chi connectivity index (χ3n) is 3.24. The van der Waals surface area contributed by atoms with Crippen molar-refractivity contribution in [2.75, 3.05) is 30.3 Å². The first-order valence-corrected chi connectivity index (χ1v) is 8.24. The lowest BCUT2D eigenvalue weighted by Crippen LogP contribution is -2.29. The van der Waals surface area contributed by atoms with Gasteiger partial charge in [0.15, 0.2) is 0 Å². The zero-order valence-corrected chi connectivity index (χ0v) is 14.9. The second-order valence-corrected chi connectivity index (χ2v) is 5.51. The molecule has 0 aliphatic carbocycles. The van der Waals surface area contributed by atoms with Crippen LogP contribution in [0.3, 0.4) is 0 Å². The maximum atomic E-state index is 12.2. The van der Waals surface area contributed by atoms with Crippen LogP contribution in [0.1, 0.15) is 23.0 Å². The lowest BCUT2D eigenvalue weighted by molar-refractivity contribution is -0.274. The third-order valence-corrected chi connectivity index (χ3v) is 3.24. The number of aryl methyl sites for hydroxylation is 1. The van der Waals surface area contributed by atoms with Gasteiger partial charge in [-0.1, -0.05) is 6.07 Å². The van der Waals surface area contributed by atoms with Crippen molar-refractivity contribution in [3.05, 3.63) is 41.6 Å². The van der Waals surface area contributed by atoms with E-state index in [1.807, 2.05) is 19.9 Å². The van der Waals surface area contributed by atoms with Gasteiger partial charge >= 0.3 is 6.36 Å². The Hall–Kier alpha value is -3.04. The van der Waals surface area contributed by atoms with E-state index in [-0.39, 0.29) is 12.1 Å². The minimum Gasteiger partial charge on any atom is -0.406 e. The van der Waals surface area contributed by atoms with E-state index in [4.69, 9.17) is 0 Å². The van der Waals surface area contributed by atoms with Crippen LogP contribution in [0.5, 0.6) is 5.75 Å². The summed E-state index contributed by atoms with van der Waals surface area (Å²) >= 11 is 0. The second-order valence-electron chi connectivity index (χ2n) is 5.51. The van der Waals surface area contributed by atoms with Gasteiger partial charge in [-0.15, -0.1) is 13.2 Å². The number of aromatic nitrogens is 2. The summed E-state index contributed by atoms with van der Waals surface area (Å²) in [6.45, 7) is 5.10. The van der Waals surface area contributed by atoms with Gasteiger partial charge in [0.1, 0.15) is 11.6 Å². The van der Waals surface area contributed by atoms with Crippen molar-refractivity contribution in [1.29, 1.82) is 0 Å². The summed E-state index contributed by atoms with van der Waals surface area (Å²) in [6, 6.07) is 6.69. The molecule has 0 saturated carbocycles. The zero-order chi connectivity index (χ0) is 19.9. The molecule has 0 atom stereocenters. The largest absolute Gasteiger partial charge is 0.573 e. The Bertz CT molecular complexity index is 783. The van der Waals surface area contributed by atoms with E-state index in [1.165, 1.54) is 12.1 Å². The molecule has 0 aliphatic rings. The van der Waals surface area contributed by atoms with E-state index < -0.39 is 18.0 Å². The number of rotatable bonds is 8. The number of halogens is 3. The smallest absolute Gasteiger partial charge is 0.406 e. The molecule has 1 aromatic heterocycles. The predicted molar refractivity (Wildman–Crippen MR) is 94.9 cm³/mol. The van der Waals surface area contributed by atoms with E-state index in [9.17, 15) is 18.0 Å². The molecule has 0 fully saturated rings. The number of amides is 1. The number of hydrogen-bond acceptors (Lipinski definition) is 6. The first kappa shape index (κ1) is 20.3. The van der Waals surface area contributed by atoms with E-state index in [2.05, 4.69) is 30.7 Å². The minimum atomic E-state index is -4.81. The fourth-order valence-electron chi connectivity index (χ4n) is 2.21. The molecule has 1 amide bonds. The van der Waals surface area contributed by atoms with Gasteiger partial charge in [0.25, 0.3) is 5.91 Å². The number of hydrogen-bond donors (Lipinski definition) is 3. The van der Waals surface area contributed by atoms with Crippen molar-refractivity contribution in [2.45, 2.75) is 20.2 Å². The van der Waals surface area contributed by atoms with Crippen LogP contribution in [0.25, 0.3) is 0 Å². The van der Waals surface area contributed by atoms with Gasteiger partial charge in [0.05, 0.1) is 0 Å². The van der Waals surface area contributed by atoms with Crippen LogP contribution in [0.2, 0.25) is 0 Å². The van der Waals surface area contributed by atoms with Crippen molar-refractivity contribution in [3.8, 4) is 5.75 Å². The van der Waals surface area contributed by atoms with Crippen LogP contribution in [-0.2, 0) is 0 Å². The van der Waals surface area contributed by atoms with Crippen molar-refractivity contribution < 1.29 is 22.7 Å². The first-order valence-electron chi connectivity index (χ1n) is 8.24. The number of benzene rings is 1. The first-order chi connectivity index (χ1) is 12.8. The number of carbonyl (C=O) groups is 1. The maximum Gasteiger partial charge on any atom is 0.573 e. The van der Waals surface area contributed by atoms with Gasteiger partial charge in [-0.25, -0.2) is 4.98 Å². The van der Waals surface area contributed by atoms with Crippen LogP contribution in [-0.4, -0.2) is 41.9 Å². The van der Waals surface area contributed by atoms with Crippen LogP contribution in [0.15, 0.2) is 30.3 Å². The van der Waals surface area contributed by atoms with E-state index in [1.54, 1.807) is 0 Å². The van der Waals surface area contributed by atoms with Gasteiger partial charge in [-0.3, -0.25) is 4.79 Å². The van der Waals surface area contributed by atoms with Gasteiger partial charge in [-0.2, -0.15) is 4.98 Å². The third kappa shape index (κ3) is 7.00. The Kier molecular flexibility index (Phi) is 6.80. The highest BCUT2D eigenvalue weighted by atomic mass is 19.4. The molecular formula is C17H20F3N5O2. The Labute approximate surface area is 154 Å². The van der Waals surface area contributed by atoms with Gasteiger partial charge in [0.2, 0.25) is 5.95 Å². The molecule has 7 nitrogen and oxygen atoms in total. The molecule has 146 valence electrons. The SMILES string of the molecule is CCNc1cc(C)nc(NCCNC(=O)c2cccc(OC(F)(F)F)c2)n1. The molecule has 0 saturated heterocycles. The summed E-state index contributed by atoms with van der Waals surface area (Å²) in [5.41, 5.74) is 0.854. The number of anilines is 2. The maximum absolute atomic E-state index is 12.2. The molecule has 0 unspecified atom stereocenters. The molecule has 3 N–H and O–H groups in total. The highest BCUT2D eigenvalue weighted by molar-refractivity contribution is 5.94. The summed E-state index contributed by atoms with van der Waals surface area (Å²) in [5.74, 6) is 0.152. The average Bonchev–Trinajstić information content (AvgIpc) is 2.57. The number of nitrogens with one attached hydrogen (secondary N) is 3. The fraction of sp³-hybridized carbons (Fsp3) is 0.353. The molecule has 0 aliphatic heterocycles. The van der Waals surface area contributed by atoms with Crippen LogP contribution in [0, 0.1) is 6.92 Å². The zero-order valence-electron chi connectivity index (χ0n) is 14.9. The molecule has 0 radical (unpaired) electrons. The quantitative estimate of drug-likeness (QED) is 0.608. The number of ether oxygens (including phenoxy) is 1. The van der Waals surface area contributed by atoms with Crippen molar-refractivity contribution in [2.24, 2.45) is 0 Å². The van der Waals surface area contributed by atoms with E-state index in [0.717, 1.165) is 24.4 Å². The molecule has 1 heterocycles. The molecule has 27 heavy (non-hydrogen) atoms. The number of alkyl halides is 3. The van der Waals surface area contributed by atoms with Crippen LogP contribution >= 0.6 is 0 Å². The fourth-order valence-corrected chi connectivity index (χ4v) is 2.21. The topological polar surface area (TPSA) is 88.2 Å². The Morgan fingerprint density at radius 1 is 1.15 bits per heavy atom. The lowest BCUT2D eigenvalue weighted by atomic mass is 10.2. The Balaban J connectivity index is 1.85. The average molecular weight is 383 g/mol. The van der Waals surface area contributed by atoms with Crippen molar-refractivity contribution in [3.63, 3.8) is 0 Å².